The Hall–Kier alpha value is -1.06. The molecule has 0 fully saturated rings. The van der Waals surface area contributed by atoms with Crippen molar-refractivity contribution in [2.75, 3.05) is 0 Å². The van der Waals surface area contributed by atoms with Gasteiger partial charge in [-0.1, -0.05) is 34.1 Å². The van der Waals surface area contributed by atoms with E-state index in [1.165, 1.54) is 11.1 Å². The molecule has 90 valence electrons. The second-order valence-electron chi connectivity index (χ2n) is 4.31. The molecule has 0 spiro atoms. The number of benzene rings is 1. The highest BCUT2D eigenvalue weighted by molar-refractivity contribution is 9.10. The van der Waals surface area contributed by atoms with E-state index < -0.39 is 0 Å². The summed E-state index contributed by atoms with van der Waals surface area (Å²) in [4.78, 5) is 0. The van der Waals surface area contributed by atoms with Crippen LogP contribution in [0.5, 0.6) is 0 Å². The van der Waals surface area contributed by atoms with Crippen LogP contribution in [0.15, 0.2) is 47.2 Å². The van der Waals surface area contributed by atoms with Crippen molar-refractivity contribution in [3.05, 3.63) is 58.3 Å². The lowest BCUT2D eigenvalue weighted by molar-refractivity contribution is 0.572. The van der Waals surface area contributed by atoms with E-state index in [-0.39, 0.29) is 0 Å². The van der Waals surface area contributed by atoms with Gasteiger partial charge in [-0.3, -0.25) is 0 Å². The molecule has 2 nitrogen and oxygen atoms in total. The van der Waals surface area contributed by atoms with Crippen LogP contribution in [0.25, 0.3) is 0 Å². The Morgan fingerprint density at radius 1 is 1.29 bits per heavy atom. The van der Waals surface area contributed by atoms with E-state index in [1.807, 2.05) is 13.1 Å². The third-order valence-electron chi connectivity index (χ3n) is 2.88. The summed E-state index contributed by atoms with van der Waals surface area (Å²) in [6, 6.07) is 10.8. The number of nitrogens with zero attached hydrogens (tertiary/aromatic N) is 1. The number of hydrogen-bond acceptors (Lipinski definition) is 1. The van der Waals surface area contributed by atoms with E-state index in [2.05, 4.69) is 69.4 Å². The summed E-state index contributed by atoms with van der Waals surface area (Å²) in [7, 11) is 2.04. The highest BCUT2D eigenvalue weighted by Crippen LogP contribution is 2.22. The second-order valence-corrected chi connectivity index (χ2v) is 5.16. The van der Waals surface area contributed by atoms with Crippen LogP contribution in [0.4, 0.5) is 0 Å². The molecule has 1 unspecified atom stereocenters. The molecule has 1 aromatic heterocycles. The number of aromatic nitrogens is 1. The van der Waals surface area contributed by atoms with Crippen molar-refractivity contribution in [2.45, 2.75) is 19.5 Å². The number of hydrogen-bond donors (Lipinski definition) is 1. The zero-order valence-corrected chi connectivity index (χ0v) is 11.7. The van der Waals surface area contributed by atoms with Crippen LogP contribution in [0.3, 0.4) is 0 Å². The molecule has 0 saturated heterocycles. The fraction of sp³-hybridized carbons (Fsp3) is 0.286. The predicted molar refractivity (Wildman–Crippen MR) is 74.8 cm³/mol. The van der Waals surface area contributed by atoms with Gasteiger partial charge in [-0.25, -0.2) is 0 Å². The first-order valence-electron chi connectivity index (χ1n) is 5.75. The third kappa shape index (κ3) is 3.20. The quantitative estimate of drug-likeness (QED) is 0.910. The molecule has 17 heavy (non-hydrogen) atoms. The molecule has 1 N–H and O–H groups in total. The second kappa shape index (κ2) is 5.52. The molecule has 1 heterocycles. The zero-order chi connectivity index (χ0) is 12.3. The monoisotopic (exact) mass is 292 g/mol. The highest BCUT2D eigenvalue weighted by atomic mass is 79.9. The first kappa shape index (κ1) is 12.4. The first-order chi connectivity index (χ1) is 8.16. The minimum absolute atomic E-state index is 0.339. The summed E-state index contributed by atoms with van der Waals surface area (Å²) in [5.74, 6) is 0. The largest absolute Gasteiger partial charge is 0.357 e. The lowest BCUT2D eigenvalue weighted by Crippen LogP contribution is -2.18. The molecule has 2 rings (SSSR count). The van der Waals surface area contributed by atoms with E-state index in [0.29, 0.717) is 6.04 Å². The molecule has 0 aliphatic carbocycles. The molecule has 0 aliphatic rings. The maximum atomic E-state index is 3.58. The van der Waals surface area contributed by atoms with Crippen LogP contribution in [0, 0.1) is 0 Å². The van der Waals surface area contributed by atoms with E-state index in [0.717, 1.165) is 11.0 Å². The summed E-state index contributed by atoms with van der Waals surface area (Å²) in [5.41, 5.74) is 2.61. The fourth-order valence-corrected chi connectivity index (χ4v) is 2.50. The molecular formula is C14H17BrN2. The van der Waals surface area contributed by atoms with E-state index in [4.69, 9.17) is 0 Å². The summed E-state index contributed by atoms with van der Waals surface area (Å²) < 4.78 is 3.23. The van der Waals surface area contributed by atoms with Gasteiger partial charge >= 0.3 is 0 Å². The molecule has 3 heteroatoms. The number of halogens is 1. The predicted octanol–water partition coefficient (Wildman–Crippen LogP) is 3.64. The third-order valence-corrected chi connectivity index (χ3v) is 3.60. The summed E-state index contributed by atoms with van der Waals surface area (Å²) in [5, 5.41) is 3.53. The lowest BCUT2D eigenvalue weighted by atomic mass is 10.1. The highest BCUT2D eigenvalue weighted by Gasteiger charge is 2.07. The van der Waals surface area contributed by atoms with Crippen molar-refractivity contribution in [3.8, 4) is 0 Å². The molecular weight excluding hydrogens is 276 g/mol. The van der Waals surface area contributed by atoms with Gasteiger partial charge in [-0.2, -0.15) is 0 Å². The van der Waals surface area contributed by atoms with E-state index in [9.17, 15) is 0 Å². The van der Waals surface area contributed by atoms with Crippen LogP contribution in [0.2, 0.25) is 0 Å². The SMILES string of the molecule is CC(NCc1ccn(C)c1)c1ccccc1Br. The van der Waals surface area contributed by atoms with Crippen molar-refractivity contribution in [2.24, 2.45) is 7.05 Å². The minimum atomic E-state index is 0.339. The van der Waals surface area contributed by atoms with Crippen LogP contribution in [-0.4, -0.2) is 4.57 Å². The van der Waals surface area contributed by atoms with Gasteiger partial charge in [0, 0.05) is 36.5 Å². The number of nitrogens with one attached hydrogen (secondary N) is 1. The smallest absolute Gasteiger partial charge is 0.0306 e. The lowest BCUT2D eigenvalue weighted by Gasteiger charge is -2.15. The maximum absolute atomic E-state index is 3.58. The molecule has 0 amide bonds. The van der Waals surface area contributed by atoms with Gasteiger partial charge in [0.05, 0.1) is 0 Å². The van der Waals surface area contributed by atoms with Crippen LogP contribution >= 0.6 is 15.9 Å². The van der Waals surface area contributed by atoms with Gasteiger partial charge in [0.2, 0.25) is 0 Å². The van der Waals surface area contributed by atoms with Gasteiger partial charge in [0.1, 0.15) is 0 Å². The Kier molecular flexibility index (Phi) is 4.02. The molecule has 2 aromatic rings. The zero-order valence-electron chi connectivity index (χ0n) is 10.2. The molecule has 0 bridgehead atoms. The van der Waals surface area contributed by atoms with Crippen molar-refractivity contribution >= 4 is 15.9 Å². The topological polar surface area (TPSA) is 17.0 Å². The minimum Gasteiger partial charge on any atom is -0.357 e. The summed E-state index contributed by atoms with van der Waals surface area (Å²) >= 11 is 3.58. The molecule has 0 radical (unpaired) electrons. The fourth-order valence-electron chi connectivity index (χ4n) is 1.87. The molecule has 1 aromatic carbocycles. The molecule has 0 saturated carbocycles. The Balaban J connectivity index is 1.98. The number of rotatable bonds is 4. The van der Waals surface area contributed by atoms with Crippen molar-refractivity contribution in [1.29, 1.82) is 0 Å². The molecule has 0 aliphatic heterocycles. The Morgan fingerprint density at radius 2 is 2.06 bits per heavy atom. The van der Waals surface area contributed by atoms with Gasteiger partial charge in [0.15, 0.2) is 0 Å². The van der Waals surface area contributed by atoms with Crippen LogP contribution in [0.1, 0.15) is 24.1 Å². The van der Waals surface area contributed by atoms with E-state index >= 15 is 0 Å². The van der Waals surface area contributed by atoms with E-state index in [1.54, 1.807) is 0 Å². The summed E-state index contributed by atoms with van der Waals surface area (Å²) in [6.45, 7) is 3.08. The van der Waals surface area contributed by atoms with Crippen LogP contribution in [-0.2, 0) is 13.6 Å². The average Bonchev–Trinajstić information content (AvgIpc) is 2.73. The Morgan fingerprint density at radius 3 is 2.71 bits per heavy atom. The normalized spacial score (nSPS) is 12.6. The Labute approximate surface area is 111 Å². The van der Waals surface area contributed by atoms with Gasteiger partial charge in [-0.05, 0) is 30.2 Å². The van der Waals surface area contributed by atoms with Crippen molar-refractivity contribution in [3.63, 3.8) is 0 Å². The standard InChI is InChI=1S/C14H17BrN2/c1-11(13-5-3-4-6-14(13)15)16-9-12-7-8-17(2)10-12/h3-8,10-11,16H,9H2,1-2H3. The van der Waals surface area contributed by atoms with Crippen molar-refractivity contribution in [1.82, 2.24) is 9.88 Å². The summed E-state index contributed by atoms with van der Waals surface area (Å²) in [6.07, 6.45) is 4.21. The van der Waals surface area contributed by atoms with Gasteiger partial charge in [-0.15, -0.1) is 0 Å². The van der Waals surface area contributed by atoms with Crippen LogP contribution < -0.4 is 5.32 Å². The maximum Gasteiger partial charge on any atom is 0.0306 e. The number of aryl methyl sites for hydroxylation is 1. The Bertz CT molecular complexity index is 490. The first-order valence-corrected chi connectivity index (χ1v) is 6.55. The molecule has 1 atom stereocenters. The van der Waals surface area contributed by atoms with Gasteiger partial charge in [0.25, 0.3) is 0 Å². The van der Waals surface area contributed by atoms with Crippen molar-refractivity contribution < 1.29 is 0 Å². The van der Waals surface area contributed by atoms with Gasteiger partial charge < -0.3 is 9.88 Å². The average molecular weight is 293 g/mol.